The molecule has 0 aromatic rings. The van der Waals surface area contributed by atoms with E-state index in [1.165, 1.54) is 0 Å². The molecule has 51 heteroatoms. The summed E-state index contributed by atoms with van der Waals surface area (Å²) in [5.74, 6) is 0. The fourth-order valence-electron chi connectivity index (χ4n) is 0. The number of hydrogen-bond donors (Lipinski definition) is 12. The molecule has 48 nitrogen and oxygen atoms in total. The van der Waals surface area contributed by atoms with Crippen LogP contribution in [0.3, 0.4) is 0 Å². The molecule has 0 unspecified atom stereocenters. The molecule has 0 saturated carbocycles. The van der Waals surface area contributed by atoms with Gasteiger partial charge in [0, 0.05) is 58.4 Å². The van der Waals surface area contributed by atoms with E-state index in [0.29, 0.717) is 0 Å². The predicted molar refractivity (Wildman–Crippen MR) is 105 cm³/mol. The van der Waals surface area contributed by atoms with E-state index >= 15 is 0 Å². The van der Waals surface area contributed by atoms with Crippen LogP contribution < -0.4 is 0 Å². The van der Waals surface area contributed by atoms with Crippen LogP contribution in [0.2, 0.25) is 0 Å². The first-order chi connectivity index (χ1) is 20.8. The van der Waals surface area contributed by atoms with Gasteiger partial charge < -0.3 is 62.5 Å². The standard InChI is InChI=1S/12HNO3.3Zn/c12*2-1(3)4;;;/h12*(H,2,3,4);;;. The van der Waals surface area contributed by atoms with Crippen LogP contribution in [0.25, 0.3) is 0 Å². The molecule has 0 bridgehead atoms. The summed E-state index contributed by atoms with van der Waals surface area (Å²) in [6.07, 6.45) is 0. The Morgan fingerprint density at radius 1 is 0.176 bits per heavy atom. The SMILES string of the molecule is O=[N+]([O-])O.O=[N+]([O-])O.O=[N+]([O-])O.O=[N+]([O-])O.O=[N+]([O-])O.O=[N+]([O-])O.O=[N+]([O-])O.O=[N+]([O-])O.O=[N+]([O-])O.O=[N+]([O-])O.O=[N+]([O-])O.O=[N+]([O-])O.[Zn].[Zn].[Zn]. The first-order valence-corrected chi connectivity index (χ1v) is 6.78. The van der Waals surface area contributed by atoms with Gasteiger partial charge in [0.1, 0.15) is 0 Å². The van der Waals surface area contributed by atoms with Crippen molar-refractivity contribution in [3.63, 3.8) is 0 Å². The summed E-state index contributed by atoms with van der Waals surface area (Å²) in [6.45, 7) is 0. The summed E-state index contributed by atoms with van der Waals surface area (Å²) < 4.78 is 0. The van der Waals surface area contributed by atoms with Crippen molar-refractivity contribution in [2.45, 2.75) is 0 Å². The number of hydrogen-bond acceptors (Lipinski definition) is 24. The molecule has 0 rings (SSSR count). The van der Waals surface area contributed by atoms with Gasteiger partial charge in [-0.15, -0.1) is 121 Å². The van der Waals surface area contributed by atoms with Crippen molar-refractivity contribution in [2.75, 3.05) is 0 Å². The van der Waals surface area contributed by atoms with Crippen molar-refractivity contribution in [2.24, 2.45) is 0 Å². The van der Waals surface area contributed by atoms with E-state index in [2.05, 4.69) is 0 Å². The van der Waals surface area contributed by atoms with Gasteiger partial charge >= 0.3 is 0 Å². The smallest absolute Gasteiger partial charge is 0.291 e. The van der Waals surface area contributed by atoms with Gasteiger partial charge in [0.2, 0.25) is 0 Å². The average molecular weight is 952 g/mol. The molecule has 0 fully saturated rings. The second kappa shape index (κ2) is 90.1. The Labute approximate surface area is 303 Å². The molecule has 0 aliphatic heterocycles. The Morgan fingerprint density at radius 3 is 0.176 bits per heavy atom. The summed E-state index contributed by atoms with van der Waals surface area (Å²) >= 11 is 0. The van der Waals surface area contributed by atoms with E-state index < -0.39 is 61.0 Å². The molecule has 0 heterocycles. The fourth-order valence-corrected chi connectivity index (χ4v) is 0. The summed E-state index contributed by atoms with van der Waals surface area (Å²) in [4.78, 5) is 100. The molecule has 0 aliphatic rings. The zero-order valence-corrected chi connectivity index (χ0v) is 31.6. The molecule has 0 aromatic heterocycles. The van der Waals surface area contributed by atoms with Crippen LogP contribution in [-0.2, 0) is 58.4 Å². The number of nitrogens with zero attached hydrogens (tertiary/aromatic N) is 12. The molecule has 0 radical (unpaired) electrons. The van der Waals surface area contributed by atoms with E-state index in [0.717, 1.165) is 0 Å². The average Bonchev–Trinajstić information content (AvgIpc) is 2.61. The van der Waals surface area contributed by atoms with E-state index in [1.54, 1.807) is 0 Å². The maximum atomic E-state index is 8.36. The molecule has 0 amide bonds. The topological polar surface area (TPSA) is 760 Å². The van der Waals surface area contributed by atoms with Crippen LogP contribution >= 0.6 is 0 Å². The molecule has 12 N–H and O–H groups in total. The van der Waals surface area contributed by atoms with Crippen molar-refractivity contribution in [1.82, 2.24) is 0 Å². The minimum Gasteiger partial charge on any atom is -0.328 e. The molecule has 0 aromatic carbocycles. The van der Waals surface area contributed by atoms with Crippen molar-refractivity contribution < 1.29 is 182 Å². The van der Waals surface area contributed by atoms with E-state index in [1.807, 2.05) is 0 Å². The van der Waals surface area contributed by atoms with E-state index in [4.69, 9.17) is 184 Å². The normalized spacial score (nSPS) is 5.65. The van der Waals surface area contributed by atoms with Gasteiger partial charge in [0.15, 0.2) is 0 Å². The fraction of sp³-hybridized carbons (Fsp3) is 0. The molecule has 0 aliphatic carbocycles. The van der Waals surface area contributed by atoms with Crippen molar-refractivity contribution in [1.29, 1.82) is 0 Å². The largest absolute Gasteiger partial charge is 0.328 e. The molecule has 0 spiro atoms. The van der Waals surface area contributed by atoms with Crippen LogP contribution in [0.4, 0.5) is 0 Å². The van der Waals surface area contributed by atoms with Gasteiger partial charge in [-0.3, -0.25) is 0 Å². The van der Waals surface area contributed by atoms with Crippen LogP contribution in [0.5, 0.6) is 0 Å². The van der Waals surface area contributed by atoms with E-state index in [9.17, 15) is 0 Å². The Morgan fingerprint density at radius 2 is 0.176 bits per heavy atom. The zero-order chi connectivity index (χ0) is 42.9. The Kier molecular flexibility index (Phi) is 171. The third-order valence-corrected chi connectivity index (χ3v) is 0. The molecular formula is H12N12O36Zn3. The van der Waals surface area contributed by atoms with Crippen LogP contribution in [0.1, 0.15) is 0 Å². The summed E-state index contributed by atoms with van der Waals surface area (Å²) in [6, 6.07) is 0. The Bertz CT molecular complexity index is 590. The minimum absolute atomic E-state index is 0. The maximum absolute atomic E-state index is 8.36. The first-order valence-electron chi connectivity index (χ1n) is 6.78. The van der Waals surface area contributed by atoms with Crippen molar-refractivity contribution >= 4 is 0 Å². The predicted octanol–water partition coefficient (Wildman–Crippen LogP) is -4.18. The second-order valence-corrected chi connectivity index (χ2v) is 2.85. The molecular weight excluding hydrogens is 940 g/mol. The first kappa shape index (κ1) is 96.7. The minimum atomic E-state index is -1.50. The Hall–Kier alpha value is -7.73. The van der Waals surface area contributed by atoms with Crippen LogP contribution in [0.15, 0.2) is 0 Å². The third-order valence-electron chi connectivity index (χ3n) is 0. The molecule has 0 saturated heterocycles. The van der Waals surface area contributed by atoms with Gasteiger partial charge in [0.05, 0.1) is 0 Å². The number of rotatable bonds is 0. The van der Waals surface area contributed by atoms with E-state index in [-0.39, 0.29) is 58.4 Å². The summed E-state index contributed by atoms with van der Waals surface area (Å²) in [5, 5.41) is 164. The zero-order valence-electron chi connectivity index (χ0n) is 22.7. The monoisotopic (exact) mass is 948 g/mol. The molecule has 0 atom stereocenters. The quantitative estimate of drug-likeness (QED) is 0.0622. The summed E-state index contributed by atoms with van der Waals surface area (Å²) in [7, 11) is 0. The second-order valence-electron chi connectivity index (χ2n) is 2.85. The maximum Gasteiger partial charge on any atom is 0.291 e. The van der Waals surface area contributed by atoms with Crippen molar-refractivity contribution in [3.8, 4) is 0 Å². The van der Waals surface area contributed by atoms with Gasteiger partial charge in [-0.1, -0.05) is 0 Å². The summed E-state index contributed by atoms with van der Waals surface area (Å²) in [5.41, 5.74) is 0. The van der Waals surface area contributed by atoms with Gasteiger partial charge in [-0.2, -0.15) is 0 Å². The van der Waals surface area contributed by atoms with Crippen LogP contribution in [-0.4, -0.2) is 124 Å². The van der Waals surface area contributed by atoms with Gasteiger partial charge in [0.25, 0.3) is 61.0 Å². The van der Waals surface area contributed by atoms with Gasteiger partial charge in [-0.25, -0.2) is 0 Å². The molecule has 51 heavy (non-hydrogen) atoms. The van der Waals surface area contributed by atoms with Gasteiger partial charge in [-0.05, 0) is 0 Å². The van der Waals surface area contributed by atoms with Crippen LogP contribution in [0, 0.1) is 121 Å². The Balaban J connectivity index is -0.0000000212. The third kappa shape index (κ3) is 1150. The molecule has 294 valence electrons. The van der Waals surface area contributed by atoms with Crippen molar-refractivity contribution in [3.05, 3.63) is 121 Å².